The molecule has 4 heteroatoms. The molecular formula is C15H23Cl2SiZr. The van der Waals surface area contributed by atoms with Gasteiger partial charge in [-0.25, -0.2) is 0 Å². The van der Waals surface area contributed by atoms with Crippen LogP contribution in [0.3, 0.4) is 0 Å². The Labute approximate surface area is 139 Å². The third kappa shape index (κ3) is 4.56. The molecule has 0 amide bonds. The van der Waals surface area contributed by atoms with Crippen LogP contribution < -0.4 is 24.8 Å². The first-order valence-electron chi connectivity index (χ1n) is 6.74. The zero-order valence-corrected chi connectivity index (χ0v) is 17.3. The van der Waals surface area contributed by atoms with Crippen molar-refractivity contribution < 1.29 is 45.7 Å². The van der Waals surface area contributed by atoms with E-state index in [2.05, 4.69) is 57.3 Å². The first-order chi connectivity index (χ1) is 8.11. The van der Waals surface area contributed by atoms with Crippen molar-refractivity contribution in [1.82, 2.24) is 0 Å². The van der Waals surface area contributed by atoms with Gasteiger partial charge in [0.25, 0.3) is 0 Å². The van der Waals surface area contributed by atoms with Crippen LogP contribution in [0.5, 0.6) is 0 Å². The van der Waals surface area contributed by atoms with Crippen LogP contribution in [0.15, 0.2) is 42.5 Å². The van der Waals surface area contributed by atoms with Crippen LogP contribution in [0.4, 0.5) is 0 Å². The molecule has 0 aromatic rings. The molecule has 2 rings (SSSR count). The SMILES string of the molecule is CC(C)C1=[C]([Zr+2]([C]2=CC=CC2)[SiH](C)C)CC=C1.[Cl-].[Cl-]. The zero-order valence-electron chi connectivity index (χ0n) is 12.2. The monoisotopic (exact) mass is 391 g/mol. The topological polar surface area (TPSA) is 0 Å². The standard InChI is InChI=1S/C8H11.C5H5.C2H7Si.2ClH.Zr/c1-7(2)8-5-3-4-6-8;1-2-4-5-3-1;1-3-2;;;/h3,5,7H,4H2,1-2H3;1-3H,4H2;3H,1-2H3;2*1H;/q;;;;;+2/p-2. The van der Waals surface area contributed by atoms with Crippen molar-refractivity contribution in [2.45, 2.75) is 39.8 Å². The van der Waals surface area contributed by atoms with Crippen molar-refractivity contribution in [2.24, 2.45) is 5.92 Å². The maximum atomic E-state index is 2.58. The Balaban J connectivity index is 0.00000162. The van der Waals surface area contributed by atoms with Crippen molar-refractivity contribution in [3.63, 3.8) is 0 Å². The van der Waals surface area contributed by atoms with Gasteiger partial charge in [-0.2, -0.15) is 0 Å². The molecule has 2 aliphatic carbocycles. The third-order valence-corrected chi connectivity index (χ3v) is 23.0. The van der Waals surface area contributed by atoms with E-state index in [0.29, 0.717) is 0 Å². The number of rotatable bonds is 4. The first kappa shape index (κ1) is 19.6. The van der Waals surface area contributed by atoms with E-state index in [9.17, 15) is 0 Å². The fourth-order valence-corrected chi connectivity index (χ4v) is 22.9. The van der Waals surface area contributed by atoms with Gasteiger partial charge in [0.2, 0.25) is 0 Å². The fourth-order valence-electron chi connectivity index (χ4n) is 2.89. The van der Waals surface area contributed by atoms with Gasteiger partial charge in [-0.3, -0.25) is 0 Å². The Hall–Kier alpha value is 0.640. The minimum Gasteiger partial charge on any atom is -1.00 e. The van der Waals surface area contributed by atoms with Gasteiger partial charge in [0.05, 0.1) is 0 Å². The van der Waals surface area contributed by atoms with Crippen LogP contribution in [0.2, 0.25) is 13.1 Å². The van der Waals surface area contributed by atoms with Gasteiger partial charge in [0, 0.05) is 0 Å². The summed E-state index contributed by atoms with van der Waals surface area (Å²) in [5.41, 5.74) is 1.70. The number of hydrogen-bond acceptors (Lipinski definition) is 0. The third-order valence-electron chi connectivity index (χ3n) is 3.61. The predicted octanol–water partition coefficient (Wildman–Crippen LogP) is -1.69. The van der Waals surface area contributed by atoms with E-state index in [1.54, 1.807) is 5.57 Å². The summed E-state index contributed by atoms with van der Waals surface area (Å²) in [5.74, 6) is 0.243. The summed E-state index contributed by atoms with van der Waals surface area (Å²) in [6, 6.07) is 0. The van der Waals surface area contributed by atoms with Crippen LogP contribution in [-0.4, -0.2) is 5.92 Å². The average molecular weight is 394 g/mol. The van der Waals surface area contributed by atoms with Gasteiger partial charge in [-0.15, -0.1) is 0 Å². The molecule has 0 unspecified atom stereocenters. The quantitative estimate of drug-likeness (QED) is 0.500. The maximum absolute atomic E-state index is 2.58. The minimum absolute atomic E-state index is 0. The Morgan fingerprint density at radius 1 is 1.11 bits per heavy atom. The predicted molar refractivity (Wildman–Crippen MR) is 76.3 cm³/mol. The first-order valence-corrected chi connectivity index (χ1v) is 16.3. The number of allylic oxidation sites excluding steroid dienone is 8. The van der Waals surface area contributed by atoms with Gasteiger partial charge in [0.15, 0.2) is 0 Å². The minimum atomic E-state index is -1.42. The molecule has 0 atom stereocenters. The largest absolute Gasteiger partial charge is 1.00 e. The second-order valence-electron chi connectivity index (χ2n) is 5.59. The Kier molecular flexibility index (Phi) is 9.12. The van der Waals surface area contributed by atoms with E-state index >= 15 is 0 Å². The van der Waals surface area contributed by atoms with Gasteiger partial charge in [0.1, 0.15) is 0 Å². The molecular weight excluding hydrogens is 370 g/mol. The van der Waals surface area contributed by atoms with Crippen molar-refractivity contribution in [3.8, 4) is 0 Å². The van der Waals surface area contributed by atoms with E-state index < -0.39 is 26.8 Å². The van der Waals surface area contributed by atoms with E-state index in [-0.39, 0.29) is 24.8 Å². The van der Waals surface area contributed by atoms with Gasteiger partial charge >= 0.3 is 115 Å². The van der Waals surface area contributed by atoms with Crippen LogP contribution in [0.1, 0.15) is 26.7 Å². The molecule has 0 bridgehead atoms. The molecule has 2 aliphatic rings. The summed E-state index contributed by atoms with van der Waals surface area (Å²) < 4.78 is 3.80. The molecule has 0 radical (unpaired) electrons. The molecule has 0 fully saturated rings. The molecule has 0 saturated carbocycles. The molecule has 105 valence electrons. The Bertz CT molecular complexity index is 420. The zero-order chi connectivity index (χ0) is 12.4. The van der Waals surface area contributed by atoms with Gasteiger partial charge in [-0.05, 0) is 0 Å². The van der Waals surface area contributed by atoms with E-state index in [1.807, 2.05) is 6.56 Å². The molecule has 0 N–H and O–H groups in total. The summed E-state index contributed by atoms with van der Waals surface area (Å²) in [7, 11) is 0. The molecule has 0 nitrogen and oxygen atoms in total. The summed E-state index contributed by atoms with van der Waals surface area (Å²) >= 11 is -1.42. The molecule has 0 aromatic carbocycles. The van der Waals surface area contributed by atoms with Crippen molar-refractivity contribution in [1.29, 1.82) is 0 Å². The van der Waals surface area contributed by atoms with Crippen LogP contribution >= 0.6 is 0 Å². The number of halogens is 2. The second kappa shape index (κ2) is 8.82. The van der Waals surface area contributed by atoms with E-state index in [1.165, 1.54) is 12.8 Å². The van der Waals surface area contributed by atoms with E-state index in [0.717, 1.165) is 5.92 Å². The van der Waals surface area contributed by atoms with Crippen LogP contribution in [0, 0.1) is 5.92 Å². The van der Waals surface area contributed by atoms with Crippen LogP contribution in [0.25, 0.3) is 0 Å². The second-order valence-corrected chi connectivity index (χ2v) is 24.9. The fraction of sp³-hybridized carbons (Fsp3) is 0.467. The summed E-state index contributed by atoms with van der Waals surface area (Å²) in [6.45, 7) is 9.87. The normalized spacial score (nSPS) is 16.8. The van der Waals surface area contributed by atoms with Crippen LogP contribution in [-0.2, 0) is 20.9 Å². The van der Waals surface area contributed by atoms with Crippen molar-refractivity contribution in [2.75, 3.05) is 0 Å². The van der Waals surface area contributed by atoms with Crippen molar-refractivity contribution >= 4 is 5.92 Å². The molecule has 0 aliphatic heterocycles. The molecule has 0 spiro atoms. The Morgan fingerprint density at radius 3 is 2.26 bits per heavy atom. The van der Waals surface area contributed by atoms with Crippen molar-refractivity contribution in [3.05, 3.63) is 42.5 Å². The summed E-state index contributed by atoms with van der Waals surface area (Å²) in [5, 5.41) is 0. The molecule has 0 saturated heterocycles. The summed E-state index contributed by atoms with van der Waals surface area (Å²) in [6.07, 6.45) is 14.5. The van der Waals surface area contributed by atoms with Gasteiger partial charge in [-0.1, -0.05) is 0 Å². The number of hydrogen-bond donors (Lipinski definition) is 0. The summed E-state index contributed by atoms with van der Waals surface area (Å²) in [4.78, 5) is 0. The average Bonchev–Trinajstić information content (AvgIpc) is 2.87. The molecule has 0 aromatic heterocycles. The molecule has 19 heavy (non-hydrogen) atoms. The van der Waals surface area contributed by atoms with Gasteiger partial charge < -0.3 is 24.8 Å². The maximum Gasteiger partial charge on any atom is -1.00 e. The van der Waals surface area contributed by atoms with E-state index in [4.69, 9.17) is 0 Å². The molecule has 0 heterocycles. The Morgan fingerprint density at radius 2 is 1.79 bits per heavy atom. The smallest absolute Gasteiger partial charge is 1.00 e.